The SMILES string of the molecule is CCCN(C(=O)c1ccc(OC)c(N2CCNC2=O)c1)C1CCNCC1. The molecule has 2 aliphatic heterocycles. The maximum absolute atomic E-state index is 13.2. The molecular formula is C19H28N4O3. The van der Waals surface area contributed by atoms with E-state index in [1.165, 1.54) is 0 Å². The minimum atomic E-state index is -0.156. The molecule has 1 aromatic carbocycles. The van der Waals surface area contributed by atoms with E-state index in [1.54, 1.807) is 30.2 Å². The van der Waals surface area contributed by atoms with Crippen LogP contribution in [-0.2, 0) is 0 Å². The summed E-state index contributed by atoms with van der Waals surface area (Å²) in [4.78, 5) is 28.9. The maximum atomic E-state index is 13.2. The summed E-state index contributed by atoms with van der Waals surface area (Å²) in [6, 6.07) is 5.47. The fraction of sp³-hybridized carbons (Fsp3) is 0.579. The van der Waals surface area contributed by atoms with Gasteiger partial charge in [-0.15, -0.1) is 0 Å². The summed E-state index contributed by atoms with van der Waals surface area (Å²) in [5, 5.41) is 6.14. The van der Waals surface area contributed by atoms with Crippen molar-refractivity contribution >= 4 is 17.6 Å². The van der Waals surface area contributed by atoms with Crippen molar-refractivity contribution in [2.45, 2.75) is 32.2 Å². The Labute approximate surface area is 154 Å². The average Bonchev–Trinajstić information content (AvgIpc) is 3.11. The van der Waals surface area contributed by atoms with Crippen molar-refractivity contribution in [3.63, 3.8) is 0 Å². The van der Waals surface area contributed by atoms with Crippen LogP contribution in [0.5, 0.6) is 5.75 Å². The van der Waals surface area contributed by atoms with Crippen molar-refractivity contribution in [2.75, 3.05) is 44.7 Å². The number of rotatable bonds is 6. The highest BCUT2D eigenvalue weighted by Crippen LogP contribution is 2.31. The van der Waals surface area contributed by atoms with Crippen LogP contribution in [0.1, 0.15) is 36.5 Å². The molecule has 0 aromatic heterocycles. The Morgan fingerprint density at radius 2 is 2.08 bits per heavy atom. The molecule has 3 amide bonds. The van der Waals surface area contributed by atoms with Gasteiger partial charge in [-0.1, -0.05) is 6.92 Å². The van der Waals surface area contributed by atoms with Crippen molar-refractivity contribution in [3.8, 4) is 5.75 Å². The molecule has 0 aliphatic carbocycles. The Bertz CT molecular complexity index is 658. The Morgan fingerprint density at radius 1 is 1.31 bits per heavy atom. The van der Waals surface area contributed by atoms with Gasteiger partial charge in [-0.05, 0) is 50.6 Å². The second-order valence-electron chi connectivity index (χ2n) is 6.75. The average molecular weight is 360 g/mol. The van der Waals surface area contributed by atoms with Gasteiger partial charge in [-0.3, -0.25) is 9.69 Å². The highest BCUT2D eigenvalue weighted by Gasteiger charge is 2.28. The Kier molecular flexibility index (Phi) is 5.98. The van der Waals surface area contributed by atoms with Gasteiger partial charge in [0.1, 0.15) is 5.75 Å². The van der Waals surface area contributed by atoms with E-state index in [9.17, 15) is 9.59 Å². The Morgan fingerprint density at radius 3 is 2.69 bits per heavy atom. The predicted octanol–water partition coefficient (Wildman–Crippen LogP) is 1.83. The second kappa shape index (κ2) is 8.40. The van der Waals surface area contributed by atoms with E-state index in [1.807, 2.05) is 4.90 Å². The van der Waals surface area contributed by atoms with Gasteiger partial charge in [-0.2, -0.15) is 0 Å². The molecule has 2 fully saturated rings. The zero-order valence-corrected chi connectivity index (χ0v) is 15.6. The zero-order valence-electron chi connectivity index (χ0n) is 15.6. The van der Waals surface area contributed by atoms with Gasteiger partial charge in [0, 0.05) is 31.2 Å². The predicted molar refractivity (Wildman–Crippen MR) is 101 cm³/mol. The lowest BCUT2D eigenvalue weighted by atomic mass is 10.0. The molecule has 0 unspecified atom stereocenters. The lowest BCUT2D eigenvalue weighted by Gasteiger charge is -2.35. The van der Waals surface area contributed by atoms with E-state index in [-0.39, 0.29) is 18.0 Å². The number of methoxy groups -OCH3 is 1. The minimum absolute atomic E-state index is 0.0299. The third-order valence-corrected chi connectivity index (χ3v) is 5.05. The molecule has 26 heavy (non-hydrogen) atoms. The van der Waals surface area contributed by atoms with Crippen LogP contribution in [0.25, 0.3) is 0 Å². The number of nitrogens with zero attached hydrogens (tertiary/aromatic N) is 2. The number of anilines is 1. The van der Waals surface area contributed by atoms with Gasteiger partial charge in [0.05, 0.1) is 12.8 Å². The molecule has 2 saturated heterocycles. The van der Waals surface area contributed by atoms with Crippen molar-refractivity contribution in [3.05, 3.63) is 23.8 Å². The first-order valence-corrected chi connectivity index (χ1v) is 9.40. The first-order valence-electron chi connectivity index (χ1n) is 9.40. The summed E-state index contributed by atoms with van der Waals surface area (Å²) in [5.41, 5.74) is 1.25. The smallest absolute Gasteiger partial charge is 0.322 e. The van der Waals surface area contributed by atoms with Gasteiger partial charge in [0.15, 0.2) is 0 Å². The van der Waals surface area contributed by atoms with Crippen molar-refractivity contribution < 1.29 is 14.3 Å². The number of nitrogens with one attached hydrogen (secondary N) is 2. The molecule has 0 bridgehead atoms. The highest BCUT2D eigenvalue weighted by atomic mass is 16.5. The van der Waals surface area contributed by atoms with Crippen molar-refractivity contribution in [1.29, 1.82) is 0 Å². The molecule has 0 spiro atoms. The molecule has 2 N–H and O–H groups in total. The van der Waals surface area contributed by atoms with Gasteiger partial charge < -0.3 is 20.3 Å². The van der Waals surface area contributed by atoms with Gasteiger partial charge in [-0.25, -0.2) is 4.79 Å². The van der Waals surface area contributed by atoms with E-state index < -0.39 is 0 Å². The topological polar surface area (TPSA) is 73.9 Å². The van der Waals surface area contributed by atoms with E-state index in [2.05, 4.69) is 17.6 Å². The molecule has 3 rings (SSSR count). The molecule has 7 nitrogen and oxygen atoms in total. The summed E-state index contributed by atoms with van der Waals surface area (Å²) in [6.45, 7) is 5.89. The summed E-state index contributed by atoms with van der Waals surface area (Å²) in [5.74, 6) is 0.629. The van der Waals surface area contributed by atoms with Crippen LogP contribution < -0.4 is 20.3 Å². The lowest BCUT2D eigenvalue weighted by Crippen LogP contribution is -2.46. The standard InChI is InChI=1S/C19H28N4O3/c1-3-11-22(15-6-8-20-9-7-15)18(24)14-4-5-17(26-2)16(13-14)23-12-10-21-19(23)25/h4-5,13,15,20H,3,6-12H2,1-2H3,(H,21,25). The van der Waals surface area contributed by atoms with E-state index in [0.717, 1.165) is 38.9 Å². The Hall–Kier alpha value is -2.28. The molecule has 0 atom stereocenters. The number of piperidine rings is 1. The molecule has 1 aromatic rings. The Balaban J connectivity index is 1.88. The van der Waals surface area contributed by atoms with Crippen LogP contribution in [0, 0.1) is 0 Å². The third-order valence-electron chi connectivity index (χ3n) is 5.05. The van der Waals surface area contributed by atoms with E-state index in [4.69, 9.17) is 4.74 Å². The second-order valence-corrected chi connectivity index (χ2v) is 6.75. The molecule has 142 valence electrons. The molecule has 0 radical (unpaired) electrons. The van der Waals surface area contributed by atoms with Gasteiger partial charge in [0.2, 0.25) is 0 Å². The lowest BCUT2D eigenvalue weighted by molar-refractivity contribution is 0.0642. The van der Waals surface area contributed by atoms with Crippen LogP contribution >= 0.6 is 0 Å². The zero-order chi connectivity index (χ0) is 18.5. The number of amides is 3. The number of hydrogen-bond acceptors (Lipinski definition) is 4. The van der Waals surface area contributed by atoms with Crippen LogP contribution in [-0.4, -0.2) is 62.7 Å². The first-order chi connectivity index (χ1) is 12.7. The largest absolute Gasteiger partial charge is 0.495 e. The summed E-state index contributed by atoms with van der Waals surface area (Å²) in [6.07, 6.45) is 2.87. The van der Waals surface area contributed by atoms with E-state index >= 15 is 0 Å². The normalized spacial score (nSPS) is 17.9. The van der Waals surface area contributed by atoms with Crippen molar-refractivity contribution in [2.24, 2.45) is 0 Å². The van der Waals surface area contributed by atoms with Crippen LogP contribution in [0.2, 0.25) is 0 Å². The number of carbonyl (C=O) groups excluding carboxylic acids is 2. The summed E-state index contributed by atoms with van der Waals surface area (Å²) < 4.78 is 5.41. The number of ether oxygens (including phenoxy) is 1. The van der Waals surface area contributed by atoms with Crippen LogP contribution in [0.3, 0.4) is 0 Å². The number of urea groups is 1. The molecule has 2 heterocycles. The molecule has 2 aliphatic rings. The van der Waals surface area contributed by atoms with E-state index in [0.29, 0.717) is 30.1 Å². The van der Waals surface area contributed by atoms with Gasteiger partial charge in [0.25, 0.3) is 5.91 Å². The number of hydrogen-bond donors (Lipinski definition) is 2. The van der Waals surface area contributed by atoms with Crippen molar-refractivity contribution in [1.82, 2.24) is 15.5 Å². The monoisotopic (exact) mass is 360 g/mol. The number of carbonyl (C=O) groups is 2. The molecule has 0 saturated carbocycles. The quantitative estimate of drug-likeness (QED) is 0.812. The summed E-state index contributed by atoms with van der Waals surface area (Å²) >= 11 is 0. The molecule has 7 heteroatoms. The van der Waals surface area contributed by atoms with Crippen LogP contribution in [0.4, 0.5) is 10.5 Å². The fourth-order valence-corrected chi connectivity index (χ4v) is 3.71. The first kappa shape index (κ1) is 18.5. The maximum Gasteiger partial charge on any atom is 0.322 e. The highest BCUT2D eigenvalue weighted by molar-refractivity contribution is 6.00. The third kappa shape index (κ3) is 3.77. The van der Waals surface area contributed by atoms with Crippen LogP contribution in [0.15, 0.2) is 18.2 Å². The minimum Gasteiger partial charge on any atom is -0.495 e. The van der Waals surface area contributed by atoms with Gasteiger partial charge >= 0.3 is 6.03 Å². The molecular weight excluding hydrogens is 332 g/mol. The number of benzene rings is 1. The fourth-order valence-electron chi connectivity index (χ4n) is 3.71. The summed E-state index contributed by atoms with van der Waals surface area (Å²) in [7, 11) is 1.58.